The summed E-state index contributed by atoms with van der Waals surface area (Å²) in [6.07, 6.45) is 0. The van der Waals surface area contributed by atoms with Crippen LogP contribution >= 0.6 is 11.3 Å². The molecule has 0 saturated carbocycles. The van der Waals surface area contributed by atoms with Crippen molar-refractivity contribution in [3.8, 4) is 16.8 Å². The van der Waals surface area contributed by atoms with E-state index in [9.17, 15) is 0 Å². The number of fused-ring (bicyclic) bond motifs is 9. The highest BCUT2D eigenvalue weighted by atomic mass is 32.1. The molecule has 0 N–H and O–H groups in total. The van der Waals surface area contributed by atoms with Crippen molar-refractivity contribution in [3.63, 3.8) is 0 Å². The summed E-state index contributed by atoms with van der Waals surface area (Å²) >= 11 is 1.87. The number of benzene rings is 8. The van der Waals surface area contributed by atoms with Gasteiger partial charge in [0.05, 0.1) is 16.7 Å². The van der Waals surface area contributed by atoms with Crippen LogP contribution in [0.3, 0.4) is 0 Å². The minimum absolute atomic E-state index is 0.873. The van der Waals surface area contributed by atoms with E-state index >= 15 is 0 Å². The molecule has 0 saturated heterocycles. The average molecular weight is 683 g/mol. The van der Waals surface area contributed by atoms with Gasteiger partial charge in [0, 0.05) is 64.8 Å². The zero-order chi connectivity index (χ0) is 34.2. The topological polar surface area (TPSA) is 21.3 Å². The fourth-order valence-corrected chi connectivity index (χ4v) is 9.34. The highest BCUT2D eigenvalue weighted by Gasteiger charge is 2.23. The molecule has 11 aromatic rings. The first-order valence-corrected chi connectivity index (χ1v) is 18.4. The first kappa shape index (κ1) is 29.1. The second-order valence-corrected chi connectivity index (χ2v) is 14.4. The number of thiophene rings is 1. The van der Waals surface area contributed by atoms with Crippen LogP contribution in [0.2, 0.25) is 0 Å². The second kappa shape index (κ2) is 11.5. The molecule has 4 heteroatoms. The predicted molar refractivity (Wildman–Crippen MR) is 221 cm³/mol. The van der Waals surface area contributed by atoms with Gasteiger partial charge in [-0.05, 0) is 77.9 Å². The van der Waals surface area contributed by atoms with Gasteiger partial charge < -0.3 is 13.9 Å². The maximum Gasteiger partial charge on any atom is 0.137 e. The van der Waals surface area contributed by atoms with E-state index in [1.165, 1.54) is 53.1 Å². The fourth-order valence-electron chi connectivity index (χ4n) is 8.08. The Kier molecular flexibility index (Phi) is 6.42. The Bertz CT molecular complexity index is 3130. The number of hydrogen-bond donors (Lipinski definition) is 0. The van der Waals surface area contributed by atoms with Crippen LogP contribution in [0.1, 0.15) is 0 Å². The maximum absolute atomic E-state index is 6.49. The van der Waals surface area contributed by atoms with Gasteiger partial charge in [-0.15, -0.1) is 11.3 Å². The molecule has 3 heterocycles. The second-order valence-electron chi connectivity index (χ2n) is 13.3. The molecule has 0 aliphatic rings. The Morgan fingerprint density at radius 3 is 1.98 bits per heavy atom. The highest BCUT2D eigenvalue weighted by Crippen LogP contribution is 2.49. The van der Waals surface area contributed by atoms with E-state index in [1.807, 2.05) is 23.5 Å². The first-order valence-electron chi connectivity index (χ1n) is 17.6. The van der Waals surface area contributed by atoms with Gasteiger partial charge in [0.25, 0.3) is 0 Å². The smallest absolute Gasteiger partial charge is 0.137 e. The molecule has 0 aliphatic carbocycles. The third kappa shape index (κ3) is 4.38. The normalized spacial score (nSPS) is 11.8. The van der Waals surface area contributed by atoms with Crippen LogP contribution in [-0.2, 0) is 0 Å². The van der Waals surface area contributed by atoms with Gasteiger partial charge in [-0.3, -0.25) is 0 Å². The molecule has 0 fully saturated rings. The van der Waals surface area contributed by atoms with Crippen molar-refractivity contribution in [1.29, 1.82) is 0 Å². The molecule has 52 heavy (non-hydrogen) atoms. The van der Waals surface area contributed by atoms with E-state index in [4.69, 9.17) is 4.42 Å². The Morgan fingerprint density at radius 2 is 1.12 bits per heavy atom. The molecule has 0 radical (unpaired) electrons. The monoisotopic (exact) mass is 682 g/mol. The molecule has 0 atom stereocenters. The number of rotatable bonds is 5. The van der Waals surface area contributed by atoms with Gasteiger partial charge in [-0.1, -0.05) is 109 Å². The summed E-state index contributed by atoms with van der Waals surface area (Å²) < 4.78 is 11.4. The Hall–Kier alpha value is -6.62. The van der Waals surface area contributed by atoms with Crippen molar-refractivity contribution in [2.75, 3.05) is 4.90 Å². The van der Waals surface area contributed by atoms with Crippen LogP contribution in [-0.4, -0.2) is 4.57 Å². The number of furan rings is 1. The van der Waals surface area contributed by atoms with E-state index in [0.29, 0.717) is 0 Å². The SMILES string of the molecule is c1ccc(-c2ccc(N(c3ccc4c(c3)oc3ccccc34)c3ccc4c(c3)c3ccccc3n4-c3ccccc3)c3c2sc2ccccc23)cc1. The number of para-hydroxylation sites is 3. The lowest BCUT2D eigenvalue weighted by Gasteiger charge is -2.27. The van der Waals surface area contributed by atoms with Crippen molar-refractivity contribution >= 4 is 92.3 Å². The van der Waals surface area contributed by atoms with Gasteiger partial charge in [0.2, 0.25) is 0 Å². The zero-order valence-electron chi connectivity index (χ0n) is 28.0. The Balaban J connectivity index is 1.22. The molecule has 0 amide bonds. The van der Waals surface area contributed by atoms with Gasteiger partial charge in [0.1, 0.15) is 11.2 Å². The lowest BCUT2D eigenvalue weighted by atomic mass is 10.00. The summed E-state index contributed by atoms with van der Waals surface area (Å²) in [5.41, 5.74) is 11.0. The largest absolute Gasteiger partial charge is 0.456 e. The van der Waals surface area contributed by atoms with Crippen LogP contribution in [0, 0.1) is 0 Å². The lowest BCUT2D eigenvalue weighted by Crippen LogP contribution is -2.10. The van der Waals surface area contributed by atoms with Crippen LogP contribution in [0.4, 0.5) is 17.1 Å². The van der Waals surface area contributed by atoms with Crippen molar-refractivity contribution in [3.05, 3.63) is 182 Å². The lowest BCUT2D eigenvalue weighted by molar-refractivity contribution is 0.669. The third-order valence-electron chi connectivity index (χ3n) is 10.4. The van der Waals surface area contributed by atoms with Crippen molar-refractivity contribution < 1.29 is 4.42 Å². The molecule has 0 unspecified atom stereocenters. The van der Waals surface area contributed by atoms with Crippen LogP contribution in [0.5, 0.6) is 0 Å². The molecule has 3 nitrogen and oxygen atoms in total. The van der Waals surface area contributed by atoms with Gasteiger partial charge in [-0.2, -0.15) is 0 Å². The molecule has 244 valence electrons. The van der Waals surface area contributed by atoms with E-state index in [0.717, 1.165) is 44.7 Å². The summed E-state index contributed by atoms with van der Waals surface area (Å²) in [6, 6.07) is 65.4. The van der Waals surface area contributed by atoms with Crippen LogP contribution in [0.15, 0.2) is 186 Å². The van der Waals surface area contributed by atoms with Crippen LogP contribution < -0.4 is 4.90 Å². The summed E-state index contributed by atoms with van der Waals surface area (Å²) in [7, 11) is 0. The molecule has 0 aliphatic heterocycles. The zero-order valence-corrected chi connectivity index (χ0v) is 28.8. The average Bonchev–Trinajstić information content (AvgIpc) is 3.88. The van der Waals surface area contributed by atoms with Gasteiger partial charge >= 0.3 is 0 Å². The molecule has 11 rings (SSSR count). The first-order chi connectivity index (χ1) is 25.8. The quantitative estimate of drug-likeness (QED) is 0.180. The Morgan fingerprint density at radius 1 is 0.462 bits per heavy atom. The van der Waals surface area contributed by atoms with E-state index < -0.39 is 0 Å². The van der Waals surface area contributed by atoms with Crippen molar-refractivity contribution in [2.24, 2.45) is 0 Å². The van der Waals surface area contributed by atoms with Crippen molar-refractivity contribution in [1.82, 2.24) is 4.57 Å². The minimum Gasteiger partial charge on any atom is -0.456 e. The highest BCUT2D eigenvalue weighted by molar-refractivity contribution is 7.26. The van der Waals surface area contributed by atoms with E-state index in [2.05, 4.69) is 179 Å². The van der Waals surface area contributed by atoms with Gasteiger partial charge in [0.15, 0.2) is 0 Å². The molecule has 0 spiro atoms. The molecule has 3 aromatic heterocycles. The van der Waals surface area contributed by atoms with Crippen molar-refractivity contribution in [2.45, 2.75) is 0 Å². The maximum atomic E-state index is 6.49. The summed E-state index contributed by atoms with van der Waals surface area (Å²) in [4.78, 5) is 2.43. The standard InChI is InChI=1S/C48H30N2OS/c1-3-13-31(14-4-1)35-26-28-43(47-39-19-9-12-22-46(39)52-48(35)47)49(34-23-25-38-37-18-8-11-21-44(37)51-45(38)30-34)33-24-27-42-40(29-33)36-17-7-10-20-41(36)50(42)32-15-5-2-6-16-32/h1-30H. The number of hydrogen-bond acceptors (Lipinski definition) is 3. The van der Waals surface area contributed by atoms with E-state index in [-0.39, 0.29) is 0 Å². The predicted octanol–water partition coefficient (Wildman–Crippen LogP) is 14.2. The molecule has 8 aromatic carbocycles. The number of aromatic nitrogens is 1. The minimum atomic E-state index is 0.873. The fraction of sp³-hybridized carbons (Fsp3) is 0. The Labute approximate surface area is 303 Å². The number of nitrogens with zero attached hydrogens (tertiary/aromatic N) is 2. The molecular formula is C48H30N2OS. The summed E-state index contributed by atoms with van der Waals surface area (Å²) in [5.74, 6) is 0. The summed E-state index contributed by atoms with van der Waals surface area (Å²) in [5, 5.41) is 7.18. The summed E-state index contributed by atoms with van der Waals surface area (Å²) in [6.45, 7) is 0. The number of anilines is 3. The van der Waals surface area contributed by atoms with Gasteiger partial charge in [-0.25, -0.2) is 0 Å². The van der Waals surface area contributed by atoms with Crippen LogP contribution in [0.25, 0.3) is 80.7 Å². The molecule has 0 bridgehead atoms. The third-order valence-corrected chi connectivity index (χ3v) is 11.6. The molecular weight excluding hydrogens is 653 g/mol. The van der Waals surface area contributed by atoms with E-state index in [1.54, 1.807) is 0 Å².